The number of rotatable bonds is 10. The Bertz CT molecular complexity index is 1170. The molecule has 7 nitrogen and oxygen atoms in total. The second kappa shape index (κ2) is 12.4. The number of carbonyl (C=O) groups excluding carboxylic acids is 2. The third-order valence-corrected chi connectivity index (χ3v) is 4.92. The van der Waals surface area contributed by atoms with Gasteiger partial charge in [-0.3, -0.25) is 4.79 Å². The Hall–Kier alpha value is -3.91. The first-order valence-electron chi connectivity index (χ1n) is 10.4. The van der Waals surface area contributed by atoms with Gasteiger partial charge in [-0.05, 0) is 73.7 Å². The van der Waals surface area contributed by atoms with Crippen LogP contribution in [0.15, 0.2) is 89.0 Å². The van der Waals surface area contributed by atoms with E-state index in [4.69, 9.17) is 14.2 Å². The minimum Gasteiger partial charge on any atom is -0.494 e. The lowest BCUT2D eigenvalue weighted by molar-refractivity contribution is 0.0734. The third-order valence-electron chi connectivity index (χ3n) is 4.43. The summed E-state index contributed by atoms with van der Waals surface area (Å²) in [5.41, 5.74) is 3.76. The highest BCUT2D eigenvalue weighted by Crippen LogP contribution is 2.23. The molecule has 0 fully saturated rings. The van der Waals surface area contributed by atoms with Gasteiger partial charge in [-0.1, -0.05) is 28.6 Å². The molecule has 1 amide bonds. The quantitative estimate of drug-likeness (QED) is 0.127. The molecule has 3 aromatic carbocycles. The molecule has 0 aliphatic carbocycles. The number of amides is 1. The molecule has 0 aromatic heterocycles. The van der Waals surface area contributed by atoms with Crippen molar-refractivity contribution in [3.8, 4) is 17.2 Å². The average Bonchev–Trinajstić information content (AvgIpc) is 2.85. The zero-order chi connectivity index (χ0) is 24.3. The van der Waals surface area contributed by atoms with Gasteiger partial charge < -0.3 is 14.2 Å². The summed E-state index contributed by atoms with van der Waals surface area (Å²) >= 11 is 3.39. The molecule has 0 radical (unpaired) electrons. The van der Waals surface area contributed by atoms with E-state index in [0.717, 1.165) is 4.47 Å². The number of ether oxygens (including phenoxy) is 3. The van der Waals surface area contributed by atoms with Gasteiger partial charge >= 0.3 is 5.97 Å². The molecule has 8 heteroatoms. The number of hydrazone groups is 1. The number of benzene rings is 3. The number of nitrogens with zero attached hydrogens (tertiary/aromatic N) is 1. The van der Waals surface area contributed by atoms with E-state index in [9.17, 15) is 9.59 Å². The molecular formula is C26H23BrN2O5. The van der Waals surface area contributed by atoms with E-state index < -0.39 is 11.9 Å². The van der Waals surface area contributed by atoms with Gasteiger partial charge in [0.15, 0.2) is 0 Å². The van der Waals surface area contributed by atoms with E-state index >= 15 is 0 Å². The maximum absolute atomic E-state index is 12.6. The lowest BCUT2D eigenvalue weighted by Gasteiger charge is -2.09. The Labute approximate surface area is 206 Å². The molecule has 0 aliphatic heterocycles. The summed E-state index contributed by atoms with van der Waals surface area (Å²) in [5.74, 6) is 0.680. The summed E-state index contributed by atoms with van der Waals surface area (Å²) in [5, 5.41) is 4.01. The maximum Gasteiger partial charge on any atom is 0.343 e. The van der Waals surface area contributed by atoms with Gasteiger partial charge in [0.25, 0.3) is 5.91 Å². The van der Waals surface area contributed by atoms with Gasteiger partial charge in [0, 0.05) is 15.6 Å². The fourth-order valence-electron chi connectivity index (χ4n) is 2.81. The van der Waals surface area contributed by atoms with Crippen LogP contribution in [0.2, 0.25) is 0 Å². The van der Waals surface area contributed by atoms with Gasteiger partial charge in [0.1, 0.15) is 23.9 Å². The first kappa shape index (κ1) is 24.7. The van der Waals surface area contributed by atoms with Crippen molar-refractivity contribution in [3.05, 3.63) is 101 Å². The van der Waals surface area contributed by atoms with E-state index in [-0.39, 0.29) is 0 Å². The molecule has 0 heterocycles. The van der Waals surface area contributed by atoms with Crippen molar-refractivity contribution >= 4 is 34.0 Å². The number of halogens is 1. The Morgan fingerprint density at radius 3 is 2.26 bits per heavy atom. The topological polar surface area (TPSA) is 86.2 Å². The molecule has 174 valence electrons. The molecule has 3 rings (SSSR count). The molecule has 0 atom stereocenters. The number of carbonyl (C=O) groups is 2. The highest BCUT2D eigenvalue weighted by Gasteiger charge is 2.12. The number of nitrogens with one attached hydrogen (secondary N) is 1. The van der Waals surface area contributed by atoms with Crippen molar-refractivity contribution in [1.82, 2.24) is 5.43 Å². The van der Waals surface area contributed by atoms with Crippen molar-refractivity contribution in [1.29, 1.82) is 0 Å². The smallest absolute Gasteiger partial charge is 0.343 e. The Morgan fingerprint density at radius 1 is 0.971 bits per heavy atom. The van der Waals surface area contributed by atoms with Gasteiger partial charge in [-0.2, -0.15) is 5.10 Å². The molecule has 0 saturated heterocycles. The predicted octanol–water partition coefficient (Wildman–Crippen LogP) is 5.40. The Kier molecular flexibility index (Phi) is 8.99. The molecule has 3 aromatic rings. The van der Waals surface area contributed by atoms with Gasteiger partial charge in [-0.25, -0.2) is 10.2 Å². The largest absolute Gasteiger partial charge is 0.494 e. The van der Waals surface area contributed by atoms with E-state index in [1.54, 1.807) is 72.8 Å². The summed E-state index contributed by atoms with van der Waals surface area (Å²) in [7, 11) is 0. The summed E-state index contributed by atoms with van der Waals surface area (Å²) in [6.07, 6.45) is 3.05. The van der Waals surface area contributed by atoms with Gasteiger partial charge in [0.05, 0.1) is 18.4 Å². The molecule has 0 unspecified atom stereocenters. The SMILES string of the molecule is C=CCOc1ccc(C(=O)N/N=C/c2cc(Br)ccc2OC(=O)c2ccc(OCC)cc2)cc1. The average molecular weight is 523 g/mol. The normalized spacial score (nSPS) is 10.5. The summed E-state index contributed by atoms with van der Waals surface area (Å²) in [4.78, 5) is 24.9. The van der Waals surface area contributed by atoms with Crippen LogP contribution in [0.25, 0.3) is 0 Å². The summed E-state index contributed by atoms with van der Waals surface area (Å²) < 4.78 is 17.1. The first-order chi connectivity index (χ1) is 16.5. The van der Waals surface area contributed by atoms with Crippen molar-refractivity contribution < 1.29 is 23.8 Å². The van der Waals surface area contributed by atoms with Crippen LogP contribution in [-0.2, 0) is 0 Å². The Balaban J connectivity index is 1.66. The van der Waals surface area contributed by atoms with Gasteiger partial charge in [-0.15, -0.1) is 0 Å². The molecule has 0 saturated carbocycles. The molecule has 1 N–H and O–H groups in total. The molecular weight excluding hydrogens is 500 g/mol. The standard InChI is InChI=1S/C26H23BrN2O5/c1-3-15-33-23-10-5-18(6-11-23)25(30)29-28-17-20-16-21(27)9-14-24(20)34-26(31)19-7-12-22(13-8-19)32-4-2/h3,5-14,16-17H,1,4,15H2,2H3,(H,29,30)/b28-17+. The van der Waals surface area contributed by atoms with E-state index in [1.807, 2.05) is 6.92 Å². The van der Waals surface area contributed by atoms with E-state index in [2.05, 4.69) is 33.0 Å². The highest BCUT2D eigenvalue weighted by atomic mass is 79.9. The predicted molar refractivity (Wildman–Crippen MR) is 134 cm³/mol. The number of hydrogen-bond acceptors (Lipinski definition) is 6. The fraction of sp³-hybridized carbons (Fsp3) is 0.115. The molecule has 0 spiro atoms. The molecule has 34 heavy (non-hydrogen) atoms. The minimum absolute atomic E-state index is 0.295. The van der Waals surface area contributed by atoms with Crippen LogP contribution in [-0.4, -0.2) is 31.3 Å². The monoisotopic (exact) mass is 522 g/mol. The fourth-order valence-corrected chi connectivity index (χ4v) is 3.19. The Morgan fingerprint density at radius 2 is 1.62 bits per heavy atom. The second-order valence-corrected chi connectivity index (χ2v) is 7.77. The van der Waals surface area contributed by atoms with Crippen LogP contribution in [0.1, 0.15) is 33.2 Å². The second-order valence-electron chi connectivity index (χ2n) is 6.85. The van der Waals surface area contributed by atoms with Crippen LogP contribution in [0.3, 0.4) is 0 Å². The van der Waals surface area contributed by atoms with Crippen LogP contribution < -0.4 is 19.6 Å². The highest BCUT2D eigenvalue weighted by molar-refractivity contribution is 9.10. The lowest BCUT2D eigenvalue weighted by Crippen LogP contribution is -2.17. The number of esters is 1. The van der Waals surface area contributed by atoms with Crippen molar-refractivity contribution in [3.63, 3.8) is 0 Å². The van der Waals surface area contributed by atoms with Gasteiger partial charge in [0.2, 0.25) is 0 Å². The summed E-state index contributed by atoms with van der Waals surface area (Å²) in [6, 6.07) is 18.4. The first-order valence-corrected chi connectivity index (χ1v) is 11.2. The maximum atomic E-state index is 12.6. The van der Waals surface area contributed by atoms with Crippen LogP contribution in [0.5, 0.6) is 17.2 Å². The number of hydrogen-bond donors (Lipinski definition) is 1. The van der Waals surface area contributed by atoms with Crippen LogP contribution in [0.4, 0.5) is 0 Å². The van der Waals surface area contributed by atoms with Crippen molar-refractivity contribution in [2.24, 2.45) is 5.10 Å². The van der Waals surface area contributed by atoms with Crippen molar-refractivity contribution in [2.45, 2.75) is 6.92 Å². The van der Waals surface area contributed by atoms with Crippen LogP contribution in [0, 0.1) is 0 Å². The third kappa shape index (κ3) is 7.05. The van der Waals surface area contributed by atoms with E-state index in [1.165, 1.54) is 6.21 Å². The minimum atomic E-state index is -0.525. The summed E-state index contributed by atoms with van der Waals surface area (Å²) in [6.45, 7) is 6.40. The zero-order valence-corrected chi connectivity index (χ0v) is 20.1. The van der Waals surface area contributed by atoms with Crippen LogP contribution >= 0.6 is 15.9 Å². The van der Waals surface area contributed by atoms with E-state index in [0.29, 0.717) is 47.2 Å². The molecule has 0 aliphatic rings. The zero-order valence-electron chi connectivity index (χ0n) is 18.5. The molecule has 0 bridgehead atoms. The van der Waals surface area contributed by atoms with Crippen molar-refractivity contribution in [2.75, 3.05) is 13.2 Å². The lowest BCUT2D eigenvalue weighted by atomic mass is 10.2.